The molecular formula is C8H16O6. The van der Waals surface area contributed by atoms with Gasteiger partial charge in [0.15, 0.2) is 0 Å². The lowest BCUT2D eigenvalue weighted by Crippen LogP contribution is -2.53. The summed E-state index contributed by atoms with van der Waals surface area (Å²) in [5, 5.41) is 17.9. The normalized spacial score (nSPS) is 38.6. The number of aliphatic hydroxyl groups is 2. The fraction of sp³-hybridized carbons (Fsp3) is 1.00. The van der Waals surface area contributed by atoms with Gasteiger partial charge in [0.1, 0.15) is 12.2 Å². The molecule has 0 saturated carbocycles. The summed E-state index contributed by atoms with van der Waals surface area (Å²) in [6, 6.07) is 0. The van der Waals surface area contributed by atoms with E-state index in [0.29, 0.717) is 0 Å². The fourth-order valence-electron chi connectivity index (χ4n) is 1.30. The first-order valence-corrected chi connectivity index (χ1v) is 4.35. The Bertz CT molecular complexity index is 130. The van der Waals surface area contributed by atoms with Crippen LogP contribution >= 0.6 is 0 Å². The summed E-state index contributed by atoms with van der Waals surface area (Å²) < 4.78 is 20.5. The van der Waals surface area contributed by atoms with E-state index in [2.05, 4.69) is 0 Å². The van der Waals surface area contributed by atoms with E-state index >= 15 is 0 Å². The third-order valence-electron chi connectivity index (χ3n) is 2.08. The van der Waals surface area contributed by atoms with Crippen molar-refractivity contribution in [2.75, 3.05) is 27.4 Å². The average molecular weight is 208 g/mol. The van der Waals surface area contributed by atoms with Crippen molar-refractivity contribution in [3.8, 4) is 0 Å². The minimum Gasteiger partial charge on any atom is -0.394 e. The van der Waals surface area contributed by atoms with Crippen LogP contribution in [0.5, 0.6) is 0 Å². The number of hydrogen-bond donors (Lipinski definition) is 2. The third kappa shape index (κ3) is 2.41. The van der Waals surface area contributed by atoms with Crippen molar-refractivity contribution in [3.05, 3.63) is 0 Å². The zero-order valence-electron chi connectivity index (χ0n) is 8.25. The lowest BCUT2D eigenvalue weighted by Gasteiger charge is -2.38. The summed E-state index contributed by atoms with van der Waals surface area (Å²) in [6.45, 7) is -0.469. The molecule has 1 fully saturated rings. The highest BCUT2D eigenvalue weighted by Crippen LogP contribution is 2.21. The monoisotopic (exact) mass is 208 g/mol. The second-order valence-electron chi connectivity index (χ2n) is 2.92. The van der Waals surface area contributed by atoms with E-state index in [1.807, 2.05) is 0 Å². The highest BCUT2D eigenvalue weighted by atomic mass is 16.8. The molecule has 6 heteroatoms. The number of hydrogen-bond acceptors (Lipinski definition) is 6. The summed E-state index contributed by atoms with van der Waals surface area (Å²) in [7, 11) is 2.90. The van der Waals surface area contributed by atoms with E-state index in [1.165, 1.54) is 14.2 Å². The van der Waals surface area contributed by atoms with Crippen LogP contribution in [0.3, 0.4) is 0 Å². The molecule has 1 heterocycles. The van der Waals surface area contributed by atoms with Crippen molar-refractivity contribution < 1.29 is 29.2 Å². The first-order chi connectivity index (χ1) is 6.76. The SMILES string of the molecule is CO[C@@H]1O[C@@H](CO)[C@H](CO)O[C@H]1OC. The molecule has 2 N–H and O–H groups in total. The standard InChI is InChI=1S/C8H16O6/c1-11-7-8(12-2)14-6(4-10)5(3-9)13-7/h5-10H,3-4H2,1-2H3/t5-,6-,7+,8+/m0/s1. The molecular weight excluding hydrogens is 192 g/mol. The molecule has 0 aromatic rings. The second kappa shape index (κ2) is 5.59. The number of rotatable bonds is 4. The van der Waals surface area contributed by atoms with Crippen LogP contribution in [0.4, 0.5) is 0 Å². The first-order valence-electron chi connectivity index (χ1n) is 4.35. The van der Waals surface area contributed by atoms with Crippen molar-refractivity contribution >= 4 is 0 Å². The maximum absolute atomic E-state index is 8.95. The summed E-state index contributed by atoms with van der Waals surface area (Å²) in [6.07, 6.45) is -2.53. The smallest absolute Gasteiger partial charge is 0.209 e. The van der Waals surface area contributed by atoms with Gasteiger partial charge in [-0.25, -0.2) is 0 Å². The molecule has 0 aliphatic carbocycles. The van der Waals surface area contributed by atoms with Gasteiger partial charge in [0.2, 0.25) is 12.6 Å². The van der Waals surface area contributed by atoms with Gasteiger partial charge in [-0.2, -0.15) is 0 Å². The van der Waals surface area contributed by atoms with E-state index in [0.717, 1.165) is 0 Å². The Balaban J connectivity index is 2.59. The Kier molecular flexibility index (Phi) is 4.73. The van der Waals surface area contributed by atoms with E-state index < -0.39 is 24.8 Å². The average Bonchev–Trinajstić information content (AvgIpc) is 2.26. The van der Waals surface area contributed by atoms with Gasteiger partial charge in [0.25, 0.3) is 0 Å². The number of aliphatic hydroxyl groups excluding tert-OH is 2. The van der Waals surface area contributed by atoms with Crippen molar-refractivity contribution in [1.82, 2.24) is 0 Å². The van der Waals surface area contributed by atoms with Crippen LogP contribution in [-0.2, 0) is 18.9 Å². The molecule has 0 aromatic carbocycles. The van der Waals surface area contributed by atoms with Gasteiger partial charge in [-0.05, 0) is 0 Å². The van der Waals surface area contributed by atoms with E-state index in [1.54, 1.807) is 0 Å². The highest BCUT2D eigenvalue weighted by molar-refractivity contribution is 4.76. The van der Waals surface area contributed by atoms with E-state index in [9.17, 15) is 0 Å². The molecule has 14 heavy (non-hydrogen) atoms. The molecule has 0 bridgehead atoms. The molecule has 1 rings (SSSR count). The van der Waals surface area contributed by atoms with Gasteiger partial charge in [-0.1, -0.05) is 0 Å². The van der Waals surface area contributed by atoms with Gasteiger partial charge in [0, 0.05) is 14.2 Å². The number of ether oxygens (including phenoxy) is 4. The van der Waals surface area contributed by atoms with Crippen LogP contribution in [0.25, 0.3) is 0 Å². The number of methoxy groups -OCH3 is 2. The quantitative estimate of drug-likeness (QED) is 0.598. The van der Waals surface area contributed by atoms with Crippen molar-refractivity contribution in [1.29, 1.82) is 0 Å². The maximum atomic E-state index is 8.95. The molecule has 1 aliphatic heterocycles. The molecule has 6 nitrogen and oxygen atoms in total. The lowest BCUT2D eigenvalue weighted by molar-refractivity contribution is -0.357. The molecule has 0 radical (unpaired) electrons. The van der Waals surface area contributed by atoms with Crippen LogP contribution in [0, 0.1) is 0 Å². The van der Waals surface area contributed by atoms with Gasteiger partial charge >= 0.3 is 0 Å². The predicted molar refractivity (Wildman–Crippen MR) is 45.5 cm³/mol. The molecule has 0 aromatic heterocycles. The fourth-order valence-corrected chi connectivity index (χ4v) is 1.30. The largest absolute Gasteiger partial charge is 0.394 e. The Morgan fingerprint density at radius 1 is 0.929 bits per heavy atom. The summed E-state index contributed by atoms with van der Waals surface area (Å²) in [5.74, 6) is 0. The summed E-state index contributed by atoms with van der Waals surface area (Å²) >= 11 is 0. The summed E-state index contributed by atoms with van der Waals surface area (Å²) in [4.78, 5) is 0. The highest BCUT2D eigenvalue weighted by Gasteiger charge is 2.38. The van der Waals surface area contributed by atoms with Gasteiger partial charge in [-0.3, -0.25) is 0 Å². The molecule has 0 spiro atoms. The van der Waals surface area contributed by atoms with Crippen LogP contribution in [0.1, 0.15) is 0 Å². The summed E-state index contributed by atoms with van der Waals surface area (Å²) in [5.41, 5.74) is 0. The minimum absolute atomic E-state index is 0.235. The molecule has 0 unspecified atom stereocenters. The van der Waals surface area contributed by atoms with Crippen molar-refractivity contribution in [2.45, 2.75) is 24.8 Å². The minimum atomic E-state index is -0.681. The Morgan fingerprint density at radius 2 is 1.29 bits per heavy atom. The zero-order valence-corrected chi connectivity index (χ0v) is 8.25. The van der Waals surface area contributed by atoms with Crippen LogP contribution in [0.15, 0.2) is 0 Å². The molecule has 84 valence electrons. The van der Waals surface area contributed by atoms with Crippen molar-refractivity contribution in [3.63, 3.8) is 0 Å². The molecule has 4 atom stereocenters. The maximum Gasteiger partial charge on any atom is 0.209 e. The van der Waals surface area contributed by atoms with Crippen molar-refractivity contribution in [2.24, 2.45) is 0 Å². The van der Waals surface area contributed by atoms with Crippen LogP contribution in [0.2, 0.25) is 0 Å². The second-order valence-corrected chi connectivity index (χ2v) is 2.92. The molecule has 1 aliphatic rings. The topological polar surface area (TPSA) is 77.4 Å². The van der Waals surface area contributed by atoms with Gasteiger partial charge in [0.05, 0.1) is 13.2 Å². The Hall–Kier alpha value is -0.240. The van der Waals surface area contributed by atoms with E-state index in [4.69, 9.17) is 29.2 Å². The van der Waals surface area contributed by atoms with Crippen LogP contribution < -0.4 is 0 Å². The van der Waals surface area contributed by atoms with Gasteiger partial charge in [-0.15, -0.1) is 0 Å². The third-order valence-corrected chi connectivity index (χ3v) is 2.08. The predicted octanol–water partition coefficient (Wildman–Crippen LogP) is -1.30. The zero-order chi connectivity index (χ0) is 10.6. The van der Waals surface area contributed by atoms with Crippen LogP contribution in [-0.4, -0.2) is 62.4 Å². The first kappa shape index (κ1) is 11.8. The Labute approximate surface area is 82.3 Å². The Morgan fingerprint density at radius 3 is 1.50 bits per heavy atom. The van der Waals surface area contributed by atoms with E-state index in [-0.39, 0.29) is 13.2 Å². The molecule has 1 saturated heterocycles. The lowest BCUT2D eigenvalue weighted by atomic mass is 10.2. The molecule has 0 amide bonds. The van der Waals surface area contributed by atoms with Gasteiger partial charge < -0.3 is 29.2 Å².